The molecule has 1 N–H and O–H groups in total. The molecule has 0 aliphatic carbocycles. The molecule has 0 radical (unpaired) electrons. The van der Waals surface area contributed by atoms with Crippen molar-refractivity contribution in [1.82, 2.24) is 19.1 Å². The SMILES string of the molecule is COC(=O)c1ccc(Cn2c(Br)nc3c2c(=O)[nH]c(=O)n3C)c(F)c1. The van der Waals surface area contributed by atoms with Gasteiger partial charge >= 0.3 is 11.7 Å². The van der Waals surface area contributed by atoms with E-state index in [1.54, 1.807) is 0 Å². The van der Waals surface area contributed by atoms with Crippen LogP contribution in [0.2, 0.25) is 0 Å². The van der Waals surface area contributed by atoms with Crippen LogP contribution >= 0.6 is 15.9 Å². The van der Waals surface area contributed by atoms with E-state index in [2.05, 4.69) is 30.6 Å². The van der Waals surface area contributed by atoms with E-state index in [0.29, 0.717) is 0 Å². The highest BCUT2D eigenvalue weighted by Gasteiger charge is 2.18. The zero-order chi connectivity index (χ0) is 18.3. The molecule has 2 aromatic heterocycles. The van der Waals surface area contributed by atoms with Crippen LogP contribution in [0.1, 0.15) is 15.9 Å². The van der Waals surface area contributed by atoms with Crippen molar-refractivity contribution in [2.45, 2.75) is 6.54 Å². The van der Waals surface area contributed by atoms with Crippen molar-refractivity contribution >= 4 is 33.1 Å². The first-order valence-electron chi connectivity index (χ1n) is 7.05. The molecule has 130 valence electrons. The van der Waals surface area contributed by atoms with Gasteiger partial charge in [-0.1, -0.05) is 6.07 Å². The van der Waals surface area contributed by atoms with Gasteiger partial charge in [0.15, 0.2) is 15.9 Å². The Morgan fingerprint density at radius 1 is 1.40 bits per heavy atom. The van der Waals surface area contributed by atoms with E-state index < -0.39 is 23.0 Å². The lowest BCUT2D eigenvalue weighted by atomic mass is 10.1. The monoisotopic (exact) mass is 410 g/mol. The van der Waals surface area contributed by atoms with E-state index in [-0.39, 0.29) is 33.6 Å². The normalized spacial score (nSPS) is 11.0. The second-order valence-corrected chi connectivity index (χ2v) is 5.96. The Morgan fingerprint density at radius 2 is 2.12 bits per heavy atom. The number of methoxy groups -OCH3 is 1. The minimum atomic E-state index is -0.647. The summed E-state index contributed by atoms with van der Waals surface area (Å²) in [6, 6.07) is 3.92. The van der Waals surface area contributed by atoms with Crippen LogP contribution in [0.15, 0.2) is 32.5 Å². The van der Waals surface area contributed by atoms with Crippen LogP contribution in [0.5, 0.6) is 0 Å². The van der Waals surface area contributed by atoms with Gasteiger partial charge in [0.25, 0.3) is 5.56 Å². The molecule has 8 nitrogen and oxygen atoms in total. The van der Waals surface area contributed by atoms with E-state index in [4.69, 9.17) is 0 Å². The van der Waals surface area contributed by atoms with Crippen molar-refractivity contribution in [3.05, 3.63) is 60.7 Å². The smallest absolute Gasteiger partial charge is 0.337 e. The molecule has 10 heteroatoms. The number of carbonyl (C=O) groups excluding carboxylic acids is 1. The summed E-state index contributed by atoms with van der Waals surface area (Å²) in [6.07, 6.45) is 0. The Morgan fingerprint density at radius 3 is 2.76 bits per heavy atom. The molecular formula is C15H12BrFN4O4. The van der Waals surface area contributed by atoms with Crippen LogP contribution in [0.25, 0.3) is 11.2 Å². The lowest BCUT2D eigenvalue weighted by Crippen LogP contribution is -2.29. The molecule has 0 saturated carbocycles. The van der Waals surface area contributed by atoms with Gasteiger partial charge in [-0.25, -0.2) is 19.0 Å². The fourth-order valence-electron chi connectivity index (χ4n) is 2.44. The van der Waals surface area contributed by atoms with Crippen LogP contribution < -0.4 is 11.2 Å². The van der Waals surface area contributed by atoms with Gasteiger partial charge in [-0.15, -0.1) is 0 Å². The predicted molar refractivity (Wildman–Crippen MR) is 90.1 cm³/mol. The molecule has 25 heavy (non-hydrogen) atoms. The van der Waals surface area contributed by atoms with Gasteiger partial charge in [-0.05, 0) is 28.1 Å². The number of aromatic amines is 1. The lowest BCUT2D eigenvalue weighted by molar-refractivity contribution is 0.0600. The van der Waals surface area contributed by atoms with Crippen molar-refractivity contribution in [3.8, 4) is 0 Å². The Hall–Kier alpha value is -2.75. The third-order valence-electron chi connectivity index (χ3n) is 3.76. The number of ether oxygens (including phenoxy) is 1. The number of hydrogen-bond acceptors (Lipinski definition) is 5. The average Bonchev–Trinajstić information content (AvgIpc) is 2.91. The van der Waals surface area contributed by atoms with Gasteiger partial charge in [0.1, 0.15) is 5.82 Å². The number of hydrogen-bond donors (Lipinski definition) is 1. The van der Waals surface area contributed by atoms with E-state index >= 15 is 0 Å². The fraction of sp³-hybridized carbons (Fsp3) is 0.200. The summed E-state index contributed by atoms with van der Waals surface area (Å²) in [5.74, 6) is -1.27. The van der Waals surface area contributed by atoms with Crippen molar-refractivity contribution in [2.75, 3.05) is 7.11 Å². The van der Waals surface area contributed by atoms with Gasteiger partial charge in [0, 0.05) is 12.6 Å². The second kappa shape index (κ2) is 6.28. The van der Waals surface area contributed by atoms with Gasteiger partial charge in [-0.2, -0.15) is 0 Å². The molecule has 0 aliphatic heterocycles. The Balaban J connectivity index is 2.12. The number of nitrogens with one attached hydrogen (secondary N) is 1. The Labute approximate surface area is 148 Å². The summed E-state index contributed by atoms with van der Waals surface area (Å²) in [6.45, 7) is -0.0222. The molecule has 3 rings (SSSR count). The number of benzene rings is 1. The first kappa shape index (κ1) is 17.1. The Bertz CT molecular complexity index is 1120. The van der Waals surface area contributed by atoms with Gasteiger partial charge in [-0.3, -0.25) is 14.3 Å². The molecule has 0 atom stereocenters. The summed E-state index contributed by atoms with van der Waals surface area (Å²) < 4.78 is 21.8. The van der Waals surface area contributed by atoms with Crippen LogP contribution in [0.4, 0.5) is 4.39 Å². The van der Waals surface area contributed by atoms with Crippen LogP contribution in [-0.4, -0.2) is 32.2 Å². The predicted octanol–water partition coefficient (Wildman–Crippen LogP) is 1.16. The first-order valence-corrected chi connectivity index (χ1v) is 7.84. The largest absolute Gasteiger partial charge is 0.465 e. The fourth-order valence-corrected chi connectivity index (χ4v) is 2.91. The third-order valence-corrected chi connectivity index (χ3v) is 4.37. The zero-order valence-electron chi connectivity index (χ0n) is 13.2. The summed E-state index contributed by atoms with van der Waals surface area (Å²) >= 11 is 3.22. The van der Waals surface area contributed by atoms with E-state index in [1.165, 1.54) is 35.4 Å². The van der Waals surface area contributed by atoms with Crippen LogP contribution in [0, 0.1) is 5.82 Å². The molecule has 0 bridgehead atoms. The van der Waals surface area contributed by atoms with Crippen molar-refractivity contribution in [3.63, 3.8) is 0 Å². The highest BCUT2D eigenvalue weighted by molar-refractivity contribution is 9.10. The van der Waals surface area contributed by atoms with E-state index in [0.717, 1.165) is 6.07 Å². The molecule has 0 aliphatic rings. The van der Waals surface area contributed by atoms with Crippen LogP contribution in [-0.2, 0) is 18.3 Å². The average molecular weight is 411 g/mol. The molecule has 0 saturated heterocycles. The molecule has 0 unspecified atom stereocenters. The summed E-state index contributed by atoms with van der Waals surface area (Å²) in [5.41, 5.74) is -0.594. The zero-order valence-corrected chi connectivity index (χ0v) is 14.8. The summed E-state index contributed by atoms with van der Waals surface area (Å²) in [5, 5.41) is 0. The highest BCUT2D eigenvalue weighted by atomic mass is 79.9. The topological polar surface area (TPSA) is 99.0 Å². The van der Waals surface area contributed by atoms with Gasteiger partial charge in [0.2, 0.25) is 0 Å². The van der Waals surface area contributed by atoms with Crippen molar-refractivity contribution in [1.29, 1.82) is 0 Å². The maximum Gasteiger partial charge on any atom is 0.337 e. The molecule has 1 aromatic carbocycles. The number of nitrogens with zero attached hydrogens (tertiary/aromatic N) is 3. The number of fused-ring (bicyclic) bond motifs is 1. The number of esters is 1. The van der Waals surface area contributed by atoms with Crippen LogP contribution in [0.3, 0.4) is 0 Å². The number of halogens is 2. The van der Waals surface area contributed by atoms with Gasteiger partial charge < -0.3 is 9.30 Å². The molecule has 3 aromatic rings. The first-order chi connectivity index (χ1) is 11.8. The molecule has 0 spiro atoms. The number of H-pyrrole nitrogens is 1. The standard InChI is InChI=1S/C15H12BrFN4O4/c1-20-11-10(12(22)19-15(20)24)21(14(16)18-11)6-8-4-3-7(5-9(8)17)13(23)25-2/h3-5H,6H2,1-2H3,(H,19,22,24). The van der Waals surface area contributed by atoms with E-state index in [9.17, 15) is 18.8 Å². The highest BCUT2D eigenvalue weighted by Crippen LogP contribution is 2.20. The summed E-state index contributed by atoms with van der Waals surface area (Å²) in [4.78, 5) is 41.6. The molecule has 0 amide bonds. The quantitative estimate of drug-likeness (QED) is 0.515. The number of aryl methyl sites for hydroxylation is 1. The molecular weight excluding hydrogens is 399 g/mol. The molecule has 2 heterocycles. The molecule has 0 fully saturated rings. The minimum absolute atomic E-state index is 0.0222. The number of aromatic nitrogens is 4. The van der Waals surface area contributed by atoms with Crippen molar-refractivity contribution < 1.29 is 13.9 Å². The van der Waals surface area contributed by atoms with Gasteiger partial charge in [0.05, 0.1) is 19.2 Å². The third kappa shape index (κ3) is 2.88. The number of carbonyl (C=O) groups is 1. The maximum absolute atomic E-state index is 14.3. The number of rotatable bonds is 3. The number of imidazole rings is 1. The summed E-state index contributed by atoms with van der Waals surface area (Å²) in [7, 11) is 2.68. The Kier molecular flexibility index (Phi) is 4.29. The second-order valence-electron chi connectivity index (χ2n) is 5.26. The minimum Gasteiger partial charge on any atom is -0.465 e. The maximum atomic E-state index is 14.3. The van der Waals surface area contributed by atoms with E-state index in [1.807, 2.05) is 0 Å². The van der Waals surface area contributed by atoms with Crippen molar-refractivity contribution in [2.24, 2.45) is 7.05 Å². The lowest BCUT2D eigenvalue weighted by Gasteiger charge is -2.08.